The van der Waals surface area contributed by atoms with Crippen LogP contribution in [0.5, 0.6) is 0 Å². The van der Waals surface area contributed by atoms with Crippen LogP contribution in [0.4, 0.5) is 5.82 Å². The van der Waals surface area contributed by atoms with Crippen LogP contribution in [-0.4, -0.2) is 28.1 Å². The molecule has 1 aromatic rings. The van der Waals surface area contributed by atoms with Gasteiger partial charge in [-0.3, -0.25) is 0 Å². The van der Waals surface area contributed by atoms with Gasteiger partial charge in [0.1, 0.15) is 0 Å². The first-order valence-corrected chi connectivity index (χ1v) is 4.48. The summed E-state index contributed by atoms with van der Waals surface area (Å²) in [7, 11) is 1.28. The van der Waals surface area contributed by atoms with Crippen LogP contribution < -0.4 is 5.73 Å². The Morgan fingerprint density at radius 1 is 1.64 bits per heavy atom. The summed E-state index contributed by atoms with van der Waals surface area (Å²) < 4.78 is 6.01. The van der Waals surface area contributed by atoms with Crippen molar-refractivity contribution < 1.29 is 9.53 Å². The molecular formula is C8H14N4O2. The maximum atomic E-state index is 11.1. The minimum absolute atomic E-state index is 0.0867. The van der Waals surface area contributed by atoms with Crippen molar-refractivity contribution in [3.8, 4) is 0 Å². The first kappa shape index (κ1) is 10.5. The molecule has 1 heterocycles. The fourth-order valence-electron chi connectivity index (χ4n) is 1.04. The van der Waals surface area contributed by atoms with Crippen LogP contribution in [0, 0.1) is 0 Å². The van der Waals surface area contributed by atoms with Crippen molar-refractivity contribution in [3.63, 3.8) is 0 Å². The fourth-order valence-corrected chi connectivity index (χ4v) is 1.04. The van der Waals surface area contributed by atoms with E-state index in [2.05, 4.69) is 22.0 Å². The van der Waals surface area contributed by atoms with Gasteiger partial charge in [0.05, 0.1) is 7.11 Å². The van der Waals surface area contributed by atoms with Gasteiger partial charge in [-0.05, 0) is 6.42 Å². The fraction of sp³-hybridized carbons (Fsp3) is 0.625. The number of carbonyl (C=O) groups excluding carboxylic acids is 1. The van der Waals surface area contributed by atoms with E-state index in [4.69, 9.17) is 5.73 Å². The third-order valence-electron chi connectivity index (χ3n) is 1.88. The molecule has 1 aromatic heterocycles. The number of hydrogen-bond donors (Lipinski definition) is 1. The van der Waals surface area contributed by atoms with Gasteiger partial charge in [0, 0.05) is 6.54 Å². The highest BCUT2D eigenvalue weighted by Gasteiger charge is 2.17. The molecule has 78 valence electrons. The molecule has 0 aliphatic carbocycles. The molecule has 6 nitrogen and oxygen atoms in total. The number of ether oxygens (including phenoxy) is 1. The number of methoxy groups -OCH3 is 1. The molecule has 0 radical (unpaired) electrons. The zero-order valence-electron chi connectivity index (χ0n) is 8.36. The van der Waals surface area contributed by atoms with Crippen LogP contribution in [-0.2, 0) is 11.3 Å². The number of hydrogen-bond acceptors (Lipinski definition) is 5. The monoisotopic (exact) mass is 198 g/mol. The first-order chi connectivity index (χ1) is 6.70. The standard InChI is InChI=1S/C8H14N4O2/c1-3-4-5-12-7(9)6(10-11-12)8(13)14-2/h3-5,9H2,1-2H3. The van der Waals surface area contributed by atoms with Crippen LogP contribution in [0.1, 0.15) is 30.3 Å². The maximum Gasteiger partial charge on any atom is 0.362 e. The number of anilines is 1. The molecule has 0 unspecified atom stereocenters. The Labute approximate surface area is 82.0 Å². The number of nitrogens with zero attached hydrogens (tertiary/aromatic N) is 3. The molecule has 0 saturated carbocycles. The quantitative estimate of drug-likeness (QED) is 0.710. The van der Waals surface area contributed by atoms with Crippen LogP contribution in [0.3, 0.4) is 0 Å². The van der Waals surface area contributed by atoms with E-state index in [-0.39, 0.29) is 11.5 Å². The molecule has 1 rings (SSSR count). The van der Waals surface area contributed by atoms with Gasteiger partial charge >= 0.3 is 5.97 Å². The molecule has 14 heavy (non-hydrogen) atoms. The van der Waals surface area contributed by atoms with Crippen molar-refractivity contribution in [2.24, 2.45) is 0 Å². The highest BCUT2D eigenvalue weighted by molar-refractivity contribution is 5.91. The van der Waals surface area contributed by atoms with E-state index < -0.39 is 5.97 Å². The van der Waals surface area contributed by atoms with Gasteiger partial charge in [0.25, 0.3) is 0 Å². The average Bonchev–Trinajstić information content (AvgIpc) is 2.56. The van der Waals surface area contributed by atoms with Crippen LogP contribution in [0.15, 0.2) is 0 Å². The van der Waals surface area contributed by atoms with E-state index in [9.17, 15) is 4.79 Å². The Balaban J connectivity index is 2.80. The van der Waals surface area contributed by atoms with Crippen molar-refractivity contribution in [1.29, 1.82) is 0 Å². The van der Waals surface area contributed by atoms with Gasteiger partial charge in [-0.15, -0.1) is 5.10 Å². The smallest absolute Gasteiger partial charge is 0.362 e. The molecule has 0 aromatic carbocycles. The number of aryl methyl sites for hydroxylation is 1. The molecule has 0 fully saturated rings. The van der Waals surface area contributed by atoms with Gasteiger partial charge < -0.3 is 10.5 Å². The topological polar surface area (TPSA) is 83.0 Å². The minimum atomic E-state index is -0.551. The lowest BCUT2D eigenvalue weighted by Gasteiger charge is -2.00. The second-order valence-corrected chi connectivity index (χ2v) is 2.89. The third-order valence-corrected chi connectivity index (χ3v) is 1.88. The zero-order chi connectivity index (χ0) is 10.6. The van der Waals surface area contributed by atoms with Crippen LogP contribution >= 0.6 is 0 Å². The second-order valence-electron chi connectivity index (χ2n) is 2.89. The van der Waals surface area contributed by atoms with Crippen LogP contribution in [0.25, 0.3) is 0 Å². The Kier molecular flexibility index (Phi) is 3.44. The lowest BCUT2D eigenvalue weighted by Crippen LogP contribution is -2.08. The number of nitrogen functional groups attached to an aromatic ring is 1. The summed E-state index contributed by atoms with van der Waals surface area (Å²) in [6, 6.07) is 0. The lowest BCUT2D eigenvalue weighted by atomic mass is 10.3. The van der Waals surface area contributed by atoms with Gasteiger partial charge in [0.15, 0.2) is 5.82 Å². The van der Waals surface area contributed by atoms with Crippen molar-refractivity contribution >= 4 is 11.8 Å². The molecule has 0 amide bonds. The number of aromatic nitrogens is 3. The van der Waals surface area contributed by atoms with E-state index in [1.54, 1.807) is 0 Å². The normalized spacial score (nSPS) is 10.1. The molecule has 0 saturated heterocycles. The average molecular weight is 198 g/mol. The van der Waals surface area contributed by atoms with Crippen molar-refractivity contribution in [2.45, 2.75) is 26.3 Å². The molecule has 6 heteroatoms. The summed E-state index contributed by atoms with van der Waals surface area (Å²) in [4.78, 5) is 11.1. The van der Waals surface area contributed by atoms with Crippen molar-refractivity contribution in [3.05, 3.63) is 5.69 Å². The van der Waals surface area contributed by atoms with E-state index in [1.807, 2.05) is 0 Å². The van der Waals surface area contributed by atoms with Crippen molar-refractivity contribution in [2.75, 3.05) is 12.8 Å². The molecule has 0 atom stereocenters. The number of esters is 1. The molecule has 0 bridgehead atoms. The Morgan fingerprint density at radius 2 is 2.36 bits per heavy atom. The summed E-state index contributed by atoms with van der Waals surface area (Å²) in [5.41, 5.74) is 5.74. The highest BCUT2D eigenvalue weighted by atomic mass is 16.5. The van der Waals surface area contributed by atoms with Gasteiger partial charge in [-0.2, -0.15) is 0 Å². The second kappa shape index (κ2) is 4.59. The molecule has 0 spiro atoms. The first-order valence-electron chi connectivity index (χ1n) is 4.48. The Morgan fingerprint density at radius 3 is 2.93 bits per heavy atom. The Hall–Kier alpha value is -1.59. The largest absolute Gasteiger partial charge is 0.464 e. The summed E-state index contributed by atoms with van der Waals surface area (Å²) >= 11 is 0. The highest BCUT2D eigenvalue weighted by Crippen LogP contribution is 2.09. The van der Waals surface area contributed by atoms with E-state index >= 15 is 0 Å². The molecule has 2 N–H and O–H groups in total. The van der Waals surface area contributed by atoms with Gasteiger partial charge in [-0.1, -0.05) is 18.6 Å². The molecule has 0 aliphatic rings. The predicted octanol–water partition coefficient (Wildman–Crippen LogP) is 0.447. The van der Waals surface area contributed by atoms with E-state index in [0.29, 0.717) is 6.54 Å². The number of rotatable bonds is 4. The van der Waals surface area contributed by atoms with Crippen LogP contribution in [0.2, 0.25) is 0 Å². The summed E-state index contributed by atoms with van der Waals surface area (Å²) in [6.07, 6.45) is 1.99. The predicted molar refractivity (Wildman–Crippen MR) is 50.7 cm³/mol. The lowest BCUT2D eigenvalue weighted by molar-refractivity contribution is 0.0595. The summed E-state index contributed by atoms with van der Waals surface area (Å²) in [6.45, 7) is 2.74. The summed E-state index contributed by atoms with van der Waals surface area (Å²) in [5.74, 6) is -0.282. The minimum Gasteiger partial charge on any atom is -0.464 e. The van der Waals surface area contributed by atoms with Crippen molar-refractivity contribution in [1.82, 2.24) is 15.0 Å². The third kappa shape index (κ3) is 2.01. The Bertz CT molecular complexity index is 321. The maximum absolute atomic E-state index is 11.1. The van der Waals surface area contributed by atoms with E-state index in [1.165, 1.54) is 11.8 Å². The number of carbonyl (C=O) groups is 1. The molecular weight excluding hydrogens is 184 g/mol. The molecule has 0 aliphatic heterocycles. The summed E-state index contributed by atoms with van der Waals surface area (Å²) in [5, 5.41) is 7.42. The van der Waals surface area contributed by atoms with Gasteiger partial charge in [-0.25, -0.2) is 9.48 Å². The van der Waals surface area contributed by atoms with Gasteiger partial charge in [0.2, 0.25) is 5.69 Å². The zero-order valence-corrected chi connectivity index (χ0v) is 8.36. The van der Waals surface area contributed by atoms with E-state index in [0.717, 1.165) is 12.8 Å². The number of unbranched alkanes of at least 4 members (excludes halogenated alkanes) is 1. The number of nitrogens with two attached hydrogens (primary N) is 1. The SMILES string of the molecule is CCCCn1nnc(C(=O)OC)c1N.